The molecule has 1 atom stereocenters. The van der Waals surface area contributed by atoms with Gasteiger partial charge in [0, 0.05) is 25.9 Å². The highest BCUT2D eigenvalue weighted by molar-refractivity contribution is 7.91. The zero-order valence-corrected chi connectivity index (χ0v) is 22.1. The highest BCUT2D eigenvalue weighted by atomic mass is 32.2. The molecule has 12 nitrogen and oxygen atoms in total. The third-order valence-corrected chi connectivity index (χ3v) is 8.51. The Labute approximate surface area is 224 Å². The van der Waals surface area contributed by atoms with E-state index in [2.05, 4.69) is 20.7 Å². The smallest absolute Gasteiger partial charge is 0.268 e. The van der Waals surface area contributed by atoms with E-state index in [9.17, 15) is 18.4 Å². The average Bonchev–Trinajstić information content (AvgIpc) is 3.63. The predicted molar refractivity (Wildman–Crippen MR) is 140 cm³/mol. The average molecular weight is 561 g/mol. The van der Waals surface area contributed by atoms with E-state index in [0.717, 1.165) is 21.8 Å². The molecule has 0 saturated heterocycles. The van der Waals surface area contributed by atoms with E-state index in [1.807, 2.05) is 24.3 Å². The lowest BCUT2D eigenvalue weighted by Crippen LogP contribution is -2.51. The van der Waals surface area contributed by atoms with E-state index in [1.165, 1.54) is 11.1 Å². The molecule has 3 aromatic rings. The van der Waals surface area contributed by atoms with Gasteiger partial charge in [0.2, 0.25) is 10.0 Å². The van der Waals surface area contributed by atoms with Gasteiger partial charge in [0.1, 0.15) is 22.6 Å². The summed E-state index contributed by atoms with van der Waals surface area (Å²) in [6, 6.07) is 15.1. The number of pyridine rings is 1. The number of benzene rings is 1. The fraction of sp³-hybridized carbons (Fsp3) is 0.250. The fourth-order valence-corrected chi connectivity index (χ4v) is 5.90. The number of sulfonamides is 1. The largest absolute Gasteiger partial charge is 0.491 e. The summed E-state index contributed by atoms with van der Waals surface area (Å²) in [5.74, 6) is 0.0284. The summed E-state index contributed by atoms with van der Waals surface area (Å²) in [5, 5.41) is 10.7. The molecule has 202 valence electrons. The van der Waals surface area contributed by atoms with Crippen LogP contribution in [-0.4, -0.2) is 62.4 Å². The first kappa shape index (κ1) is 27.5. The lowest BCUT2D eigenvalue weighted by atomic mass is 10.0. The monoisotopic (exact) mass is 560 g/mol. The molecule has 2 aromatic heterocycles. The van der Waals surface area contributed by atoms with E-state index in [1.54, 1.807) is 49.3 Å². The van der Waals surface area contributed by atoms with Gasteiger partial charge in [-0.15, -0.1) is 16.9 Å². The van der Waals surface area contributed by atoms with Crippen LogP contribution in [0.25, 0.3) is 10.6 Å². The number of nitrogens with one attached hydrogen (secondary N) is 4. The Bertz CT molecular complexity index is 1350. The van der Waals surface area contributed by atoms with Crippen molar-refractivity contribution in [3.63, 3.8) is 0 Å². The van der Waals surface area contributed by atoms with Crippen LogP contribution in [0.5, 0.6) is 5.75 Å². The molecule has 0 radical (unpaired) electrons. The van der Waals surface area contributed by atoms with Gasteiger partial charge < -0.3 is 14.9 Å². The van der Waals surface area contributed by atoms with Crippen LogP contribution in [0, 0.1) is 0 Å². The maximum atomic E-state index is 12.8. The van der Waals surface area contributed by atoms with Crippen molar-refractivity contribution < 1.29 is 27.9 Å². The van der Waals surface area contributed by atoms with Gasteiger partial charge >= 0.3 is 0 Å². The number of nitrogens with zero attached hydrogens (tertiary/aromatic N) is 2. The van der Waals surface area contributed by atoms with Crippen LogP contribution < -0.4 is 25.9 Å². The molecule has 1 aromatic carbocycles. The molecule has 1 amide bonds. The van der Waals surface area contributed by atoms with Crippen molar-refractivity contribution in [2.75, 3.05) is 26.9 Å². The van der Waals surface area contributed by atoms with Crippen molar-refractivity contribution in [3.8, 4) is 16.3 Å². The third kappa shape index (κ3) is 7.06. The highest BCUT2D eigenvalue weighted by Crippen LogP contribution is 2.29. The molecule has 38 heavy (non-hydrogen) atoms. The Morgan fingerprint density at radius 1 is 1.16 bits per heavy atom. The number of aromatic nitrogens is 1. The van der Waals surface area contributed by atoms with E-state index >= 15 is 0 Å². The van der Waals surface area contributed by atoms with Crippen LogP contribution >= 0.6 is 11.3 Å². The molecule has 1 aliphatic rings. The number of carbonyl (C=O) groups is 1. The fourth-order valence-electron chi connectivity index (χ4n) is 3.56. The van der Waals surface area contributed by atoms with Crippen LogP contribution in [0.2, 0.25) is 0 Å². The van der Waals surface area contributed by atoms with Gasteiger partial charge in [-0.25, -0.2) is 18.6 Å². The van der Waals surface area contributed by atoms with Gasteiger partial charge in [-0.3, -0.25) is 20.0 Å². The SMILES string of the molecule is COCCOc1ccc(C[C@@H](C(=O)NO)N2C=C(CNS(=O)(=O)c3ccc(-c4ccccn4)s3)NN2)cc1. The predicted octanol–water partition coefficient (Wildman–Crippen LogP) is 1.40. The van der Waals surface area contributed by atoms with Crippen LogP contribution in [0.1, 0.15) is 5.56 Å². The minimum absolute atomic E-state index is 0.0520. The van der Waals surface area contributed by atoms with Crippen molar-refractivity contribution >= 4 is 27.3 Å². The summed E-state index contributed by atoms with van der Waals surface area (Å²) in [4.78, 5) is 17.4. The summed E-state index contributed by atoms with van der Waals surface area (Å²) < 4.78 is 38.9. The van der Waals surface area contributed by atoms with Gasteiger partial charge in [0.05, 0.1) is 29.4 Å². The first-order valence-electron chi connectivity index (χ1n) is 11.6. The lowest BCUT2D eigenvalue weighted by Gasteiger charge is -2.25. The van der Waals surface area contributed by atoms with Crippen molar-refractivity contribution in [2.45, 2.75) is 16.7 Å². The number of amides is 1. The van der Waals surface area contributed by atoms with E-state index in [-0.39, 0.29) is 17.2 Å². The first-order chi connectivity index (χ1) is 18.4. The summed E-state index contributed by atoms with van der Waals surface area (Å²) in [6.45, 7) is 0.839. The summed E-state index contributed by atoms with van der Waals surface area (Å²) in [6.07, 6.45) is 3.47. The molecular weight excluding hydrogens is 532 g/mol. The number of methoxy groups -OCH3 is 1. The molecule has 3 heterocycles. The Hall–Kier alpha value is -3.53. The Morgan fingerprint density at radius 2 is 1.97 bits per heavy atom. The minimum atomic E-state index is -3.78. The Kier molecular flexibility index (Phi) is 9.28. The number of hydrogen-bond acceptors (Lipinski definition) is 11. The third-order valence-electron chi connectivity index (χ3n) is 5.51. The van der Waals surface area contributed by atoms with E-state index in [4.69, 9.17) is 9.47 Å². The Balaban J connectivity index is 1.38. The summed E-state index contributed by atoms with van der Waals surface area (Å²) in [7, 11) is -2.18. The molecule has 14 heteroatoms. The maximum Gasteiger partial charge on any atom is 0.268 e. The summed E-state index contributed by atoms with van der Waals surface area (Å²) >= 11 is 1.12. The van der Waals surface area contributed by atoms with Crippen molar-refractivity contribution in [2.24, 2.45) is 0 Å². The zero-order valence-electron chi connectivity index (χ0n) is 20.5. The number of carbonyl (C=O) groups excluding carboxylic acids is 1. The zero-order chi connectivity index (χ0) is 27.0. The molecule has 1 aliphatic heterocycles. The molecule has 0 spiro atoms. The van der Waals surface area contributed by atoms with E-state index in [0.29, 0.717) is 30.4 Å². The maximum absolute atomic E-state index is 12.8. The molecule has 4 rings (SSSR count). The van der Waals surface area contributed by atoms with E-state index < -0.39 is 22.0 Å². The molecule has 0 bridgehead atoms. The second kappa shape index (κ2) is 12.8. The molecule has 5 N–H and O–H groups in total. The molecule has 0 unspecified atom stereocenters. The van der Waals surface area contributed by atoms with Gasteiger partial charge in [0.15, 0.2) is 0 Å². The van der Waals surface area contributed by atoms with Crippen LogP contribution in [-0.2, 0) is 26.0 Å². The number of hydrazine groups is 2. The number of ether oxygens (including phenoxy) is 2. The number of rotatable bonds is 13. The first-order valence-corrected chi connectivity index (χ1v) is 13.9. The van der Waals surface area contributed by atoms with Gasteiger partial charge in [-0.1, -0.05) is 18.2 Å². The highest BCUT2D eigenvalue weighted by Gasteiger charge is 2.28. The molecule has 0 fully saturated rings. The van der Waals surface area contributed by atoms with Gasteiger partial charge in [-0.2, -0.15) is 0 Å². The topological polar surface area (TPSA) is 154 Å². The molecule has 0 saturated carbocycles. The molecular formula is C24H28N6O6S2. The van der Waals surface area contributed by atoms with Crippen molar-refractivity contribution in [1.29, 1.82) is 0 Å². The lowest BCUT2D eigenvalue weighted by molar-refractivity contribution is -0.134. The number of hydrogen-bond donors (Lipinski definition) is 5. The quantitative estimate of drug-likeness (QED) is 0.118. The number of hydroxylamine groups is 1. The minimum Gasteiger partial charge on any atom is -0.491 e. The van der Waals surface area contributed by atoms with Crippen LogP contribution in [0.4, 0.5) is 0 Å². The van der Waals surface area contributed by atoms with Crippen molar-refractivity contribution in [1.82, 2.24) is 31.2 Å². The van der Waals surface area contributed by atoms with Gasteiger partial charge in [-0.05, 0) is 42.0 Å². The summed E-state index contributed by atoms with van der Waals surface area (Å²) in [5.41, 5.74) is 9.37. The standard InChI is InChI=1S/C24H28N6O6S2/c1-35-12-13-36-19-7-5-17(6-8-19)14-21(24(31)28-32)30-16-18(27-29-30)15-26-38(33,34)23-10-9-22(37-23)20-4-2-3-11-25-20/h2-11,16,21,26-27,29,32H,12-15H2,1H3,(H,28,31)/t21-/m0/s1. The van der Waals surface area contributed by atoms with Crippen LogP contribution in [0.3, 0.4) is 0 Å². The number of thiophene rings is 1. The second-order valence-corrected chi connectivity index (χ2v) is 11.2. The van der Waals surface area contributed by atoms with Gasteiger partial charge in [0.25, 0.3) is 5.91 Å². The van der Waals surface area contributed by atoms with Crippen LogP contribution in [0.15, 0.2) is 76.9 Å². The Morgan fingerprint density at radius 3 is 2.68 bits per heavy atom. The normalized spacial score (nSPS) is 14.1. The molecule has 0 aliphatic carbocycles. The van der Waals surface area contributed by atoms with Crippen molar-refractivity contribution in [3.05, 3.63) is 78.3 Å². The second-order valence-electron chi connectivity index (χ2n) is 8.14.